The first kappa shape index (κ1) is 12.2. The van der Waals surface area contributed by atoms with Crippen molar-refractivity contribution in [1.82, 2.24) is 9.97 Å². The molecule has 1 aromatic heterocycles. The van der Waals surface area contributed by atoms with E-state index in [1.165, 1.54) is 7.11 Å². The van der Waals surface area contributed by atoms with E-state index in [0.29, 0.717) is 5.03 Å². The lowest BCUT2D eigenvalue weighted by molar-refractivity contribution is -0.385. The molecule has 0 aliphatic carbocycles. The van der Waals surface area contributed by atoms with Crippen LogP contribution in [0.4, 0.5) is 11.5 Å². The number of nitro groups is 1. The van der Waals surface area contributed by atoms with Crippen LogP contribution >= 0.6 is 11.6 Å². The fourth-order valence-corrected chi connectivity index (χ4v) is 1.05. The van der Waals surface area contributed by atoms with Gasteiger partial charge in [0, 0.05) is 5.03 Å². The molecular formula is C8H9ClN4O3. The maximum Gasteiger partial charge on any atom is 0.372 e. The van der Waals surface area contributed by atoms with E-state index in [-0.39, 0.29) is 23.9 Å². The highest BCUT2D eigenvalue weighted by Gasteiger charge is 2.23. The number of hydrogen-bond acceptors (Lipinski definition) is 6. The van der Waals surface area contributed by atoms with Gasteiger partial charge in [0.25, 0.3) is 5.88 Å². The molecular weight excluding hydrogens is 236 g/mol. The van der Waals surface area contributed by atoms with E-state index in [1.54, 1.807) is 0 Å². The summed E-state index contributed by atoms with van der Waals surface area (Å²) in [5.41, 5.74) is -0.331. The topological polar surface area (TPSA) is 90.2 Å². The third-order valence-corrected chi connectivity index (χ3v) is 1.75. The highest BCUT2D eigenvalue weighted by molar-refractivity contribution is 6.29. The summed E-state index contributed by atoms with van der Waals surface area (Å²) >= 11 is 5.53. The Morgan fingerprint density at radius 3 is 2.94 bits per heavy atom. The first-order valence-corrected chi connectivity index (χ1v) is 4.54. The molecule has 7 nitrogen and oxygen atoms in total. The van der Waals surface area contributed by atoms with E-state index in [1.807, 2.05) is 0 Å². The van der Waals surface area contributed by atoms with Crippen molar-refractivity contribution in [2.24, 2.45) is 0 Å². The predicted molar refractivity (Wildman–Crippen MR) is 58.7 cm³/mol. The largest absolute Gasteiger partial charge is 0.476 e. The van der Waals surface area contributed by atoms with Gasteiger partial charge in [-0.1, -0.05) is 18.2 Å². The summed E-state index contributed by atoms with van der Waals surface area (Å²) < 4.78 is 4.77. The van der Waals surface area contributed by atoms with Crippen LogP contribution in [-0.4, -0.2) is 28.5 Å². The fourth-order valence-electron chi connectivity index (χ4n) is 0.986. The van der Waals surface area contributed by atoms with Gasteiger partial charge >= 0.3 is 5.69 Å². The number of nitrogens with one attached hydrogen (secondary N) is 1. The Morgan fingerprint density at radius 2 is 2.44 bits per heavy atom. The molecule has 86 valence electrons. The molecule has 0 saturated carbocycles. The Kier molecular flexibility index (Phi) is 4.01. The van der Waals surface area contributed by atoms with E-state index in [0.717, 1.165) is 6.33 Å². The number of nitrogens with zero attached hydrogens (tertiary/aromatic N) is 3. The smallest absolute Gasteiger partial charge is 0.372 e. The molecule has 0 radical (unpaired) electrons. The molecule has 1 aromatic rings. The van der Waals surface area contributed by atoms with Gasteiger partial charge in [0.2, 0.25) is 5.82 Å². The van der Waals surface area contributed by atoms with Gasteiger partial charge in [0.05, 0.1) is 18.6 Å². The molecule has 0 unspecified atom stereocenters. The molecule has 0 spiro atoms. The molecule has 0 aromatic carbocycles. The third kappa shape index (κ3) is 2.80. The normalized spacial score (nSPS) is 9.62. The van der Waals surface area contributed by atoms with Crippen molar-refractivity contribution in [2.75, 3.05) is 19.0 Å². The summed E-state index contributed by atoms with van der Waals surface area (Å²) in [4.78, 5) is 17.5. The first-order chi connectivity index (χ1) is 7.56. The van der Waals surface area contributed by atoms with Crippen molar-refractivity contribution in [3.8, 4) is 5.88 Å². The standard InChI is InChI=1S/C8H9ClN4O3/c1-5(9)3-10-7-6(13(14)15)8(16-2)12-4-11-7/h4H,1,3H2,2H3,(H,10,11,12). The molecule has 0 aliphatic heterocycles. The van der Waals surface area contributed by atoms with Gasteiger partial charge in [-0.25, -0.2) is 4.98 Å². The Balaban J connectivity index is 3.07. The van der Waals surface area contributed by atoms with Crippen LogP contribution < -0.4 is 10.1 Å². The summed E-state index contributed by atoms with van der Waals surface area (Å²) in [6.07, 6.45) is 1.16. The second-order valence-electron chi connectivity index (χ2n) is 2.71. The molecule has 0 atom stereocenters. The lowest BCUT2D eigenvalue weighted by atomic mass is 10.4. The van der Waals surface area contributed by atoms with Crippen LogP contribution in [-0.2, 0) is 0 Å². The van der Waals surface area contributed by atoms with E-state index in [9.17, 15) is 10.1 Å². The highest BCUT2D eigenvalue weighted by atomic mass is 35.5. The number of methoxy groups -OCH3 is 1. The first-order valence-electron chi connectivity index (χ1n) is 4.16. The molecule has 1 rings (SSSR count). The quantitative estimate of drug-likeness (QED) is 0.624. The Hall–Kier alpha value is -1.89. The Morgan fingerprint density at radius 1 is 1.75 bits per heavy atom. The van der Waals surface area contributed by atoms with Crippen molar-refractivity contribution in [1.29, 1.82) is 0 Å². The SMILES string of the molecule is C=C(Cl)CNc1ncnc(OC)c1[N+](=O)[O-]. The number of aromatic nitrogens is 2. The minimum Gasteiger partial charge on any atom is -0.476 e. The summed E-state index contributed by atoms with van der Waals surface area (Å²) in [6, 6.07) is 0. The van der Waals surface area contributed by atoms with Crippen LogP contribution in [0.5, 0.6) is 5.88 Å². The van der Waals surface area contributed by atoms with Gasteiger partial charge in [-0.15, -0.1) is 0 Å². The molecule has 0 fully saturated rings. The molecule has 0 bridgehead atoms. The minimum absolute atomic E-state index is 0.0404. The average Bonchev–Trinajstić information content (AvgIpc) is 2.25. The number of hydrogen-bond donors (Lipinski definition) is 1. The monoisotopic (exact) mass is 244 g/mol. The van der Waals surface area contributed by atoms with Crippen LogP contribution in [0.15, 0.2) is 17.9 Å². The summed E-state index contributed by atoms with van der Waals surface area (Å²) in [7, 11) is 1.29. The van der Waals surface area contributed by atoms with E-state index in [4.69, 9.17) is 16.3 Å². The number of anilines is 1. The summed E-state index contributed by atoms with van der Waals surface area (Å²) in [5, 5.41) is 13.8. The van der Waals surface area contributed by atoms with Gasteiger partial charge in [-0.05, 0) is 0 Å². The van der Waals surface area contributed by atoms with E-state index >= 15 is 0 Å². The molecule has 0 amide bonds. The minimum atomic E-state index is -0.627. The molecule has 1 heterocycles. The lowest BCUT2D eigenvalue weighted by Crippen LogP contribution is -2.08. The van der Waals surface area contributed by atoms with Gasteiger partial charge in [-0.2, -0.15) is 4.98 Å². The van der Waals surface area contributed by atoms with Gasteiger partial charge in [0.15, 0.2) is 0 Å². The number of rotatable bonds is 5. The Bertz CT molecular complexity index is 424. The number of ether oxygens (including phenoxy) is 1. The highest BCUT2D eigenvalue weighted by Crippen LogP contribution is 2.30. The summed E-state index contributed by atoms with van der Waals surface area (Å²) in [6.45, 7) is 3.61. The van der Waals surface area contributed by atoms with Crippen molar-refractivity contribution in [3.05, 3.63) is 28.1 Å². The van der Waals surface area contributed by atoms with Gasteiger partial charge in [-0.3, -0.25) is 10.1 Å². The van der Waals surface area contributed by atoms with Crippen LogP contribution in [0.1, 0.15) is 0 Å². The Labute approximate surface area is 96.3 Å². The lowest BCUT2D eigenvalue weighted by Gasteiger charge is -2.06. The summed E-state index contributed by atoms with van der Waals surface area (Å²) in [5.74, 6) is -0.0682. The zero-order valence-corrected chi connectivity index (χ0v) is 9.19. The second-order valence-corrected chi connectivity index (χ2v) is 3.24. The molecule has 0 saturated heterocycles. The third-order valence-electron chi connectivity index (χ3n) is 1.61. The van der Waals surface area contributed by atoms with Crippen LogP contribution in [0, 0.1) is 10.1 Å². The van der Waals surface area contributed by atoms with Crippen LogP contribution in [0.2, 0.25) is 0 Å². The predicted octanol–water partition coefficient (Wildman–Crippen LogP) is 1.56. The molecule has 16 heavy (non-hydrogen) atoms. The average molecular weight is 245 g/mol. The zero-order chi connectivity index (χ0) is 12.1. The van der Waals surface area contributed by atoms with E-state index < -0.39 is 4.92 Å². The molecule has 0 aliphatic rings. The number of halogens is 1. The van der Waals surface area contributed by atoms with Crippen molar-refractivity contribution >= 4 is 23.1 Å². The van der Waals surface area contributed by atoms with Gasteiger partial charge in [0.1, 0.15) is 6.33 Å². The van der Waals surface area contributed by atoms with E-state index in [2.05, 4.69) is 21.9 Å². The van der Waals surface area contributed by atoms with Crippen molar-refractivity contribution < 1.29 is 9.66 Å². The van der Waals surface area contributed by atoms with Gasteiger partial charge < -0.3 is 10.1 Å². The maximum atomic E-state index is 10.8. The molecule has 8 heteroatoms. The van der Waals surface area contributed by atoms with Crippen LogP contribution in [0.25, 0.3) is 0 Å². The van der Waals surface area contributed by atoms with Crippen molar-refractivity contribution in [3.63, 3.8) is 0 Å². The molecule has 1 N–H and O–H groups in total. The second kappa shape index (κ2) is 5.26. The van der Waals surface area contributed by atoms with Crippen LogP contribution in [0.3, 0.4) is 0 Å². The zero-order valence-electron chi connectivity index (χ0n) is 8.44. The fraction of sp³-hybridized carbons (Fsp3) is 0.250. The maximum absolute atomic E-state index is 10.8. The van der Waals surface area contributed by atoms with Crippen molar-refractivity contribution in [2.45, 2.75) is 0 Å².